The molecule has 3 heterocycles. The van der Waals surface area contributed by atoms with Gasteiger partial charge in [-0.15, -0.1) is 0 Å². The number of likely N-dealkylation sites (tertiary alicyclic amines) is 1. The van der Waals surface area contributed by atoms with Crippen molar-refractivity contribution in [2.45, 2.75) is 79.2 Å². The van der Waals surface area contributed by atoms with E-state index < -0.39 is 5.60 Å². The third kappa shape index (κ3) is 6.10. The number of amides is 1. The van der Waals surface area contributed by atoms with Crippen LogP contribution < -0.4 is 10.5 Å². The highest BCUT2D eigenvalue weighted by atomic mass is 16.6. The van der Waals surface area contributed by atoms with Gasteiger partial charge in [0.15, 0.2) is 5.52 Å². The molecule has 0 saturated carbocycles. The first-order valence-corrected chi connectivity index (χ1v) is 12.4. The molecule has 0 spiro atoms. The molecule has 2 aromatic rings. The van der Waals surface area contributed by atoms with Gasteiger partial charge in [0.25, 0.3) is 5.56 Å². The second-order valence-electron chi connectivity index (χ2n) is 12.0. The van der Waals surface area contributed by atoms with Crippen LogP contribution >= 0.6 is 0 Å². The lowest BCUT2D eigenvalue weighted by atomic mass is 9.91. The zero-order chi connectivity index (χ0) is 25.4. The summed E-state index contributed by atoms with van der Waals surface area (Å²) in [6, 6.07) is 0. The van der Waals surface area contributed by atoms with Crippen LogP contribution in [0.3, 0.4) is 0 Å². The molecule has 0 atom stereocenters. The molecule has 0 radical (unpaired) electrons. The van der Waals surface area contributed by atoms with E-state index in [-0.39, 0.29) is 17.1 Å². The van der Waals surface area contributed by atoms with Crippen LogP contribution in [-0.2, 0) is 17.2 Å². The molecule has 1 aliphatic rings. The highest BCUT2D eigenvalue weighted by Gasteiger charge is 2.30. The third-order valence-corrected chi connectivity index (χ3v) is 6.02. The molecule has 9 nitrogen and oxygen atoms in total. The van der Waals surface area contributed by atoms with Crippen LogP contribution in [0.25, 0.3) is 11.0 Å². The van der Waals surface area contributed by atoms with Gasteiger partial charge in [-0.2, -0.15) is 5.10 Å². The number of aromatic nitrogens is 4. The van der Waals surface area contributed by atoms with E-state index in [0.29, 0.717) is 41.9 Å². The lowest BCUT2D eigenvalue weighted by Gasteiger charge is -2.36. The Morgan fingerprint density at radius 2 is 1.79 bits per heavy atom. The van der Waals surface area contributed by atoms with E-state index in [1.807, 2.05) is 20.8 Å². The van der Waals surface area contributed by atoms with Gasteiger partial charge in [-0.1, -0.05) is 34.6 Å². The van der Waals surface area contributed by atoms with Gasteiger partial charge in [0.2, 0.25) is 5.95 Å². The van der Waals surface area contributed by atoms with Crippen molar-refractivity contribution in [1.82, 2.24) is 24.6 Å². The lowest BCUT2D eigenvalue weighted by Crippen LogP contribution is -2.44. The molecule has 0 aliphatic carbocycles. The fourth-order valence-electron chi connectivity index (χ4n) is 4.45. The summed E-state index contributed by atoms with van der Waals surface area (Å²) >= 11 is 0. The van der Waals surface area contributed by atoms with Crippen molar-refractivity contribution in [2.75, 3.05) is 31.1 Å². The van der Waals surface area contributed by atoms with Crippen molar-refractivity contribution in [3.63, 3.8) is 0 Å². The van der Waals surface area contributed by atoms with Crippen LogP contribution in [0.15, 0.2) is 4.79 Å². The summed E-state index contributed by atoms with van der Waals surface area (Å²) in [5.74, 6) is 1.40. The number of hydrogen-bond donors (Lipinski definition) is 1. The Kier molecular flexibility index (Phi) is 7.34. The Balaban J connectivity index is 1.82. The van der Waals surface area contributed by atoms with E-state index in [2.05, 4.69) is 49.6 Å². The van der Waals surface area contributed by atoms with Crippen LogP contribution in [0.5, 0.6) is 0 Å². The molecule has 9 heteroatoms. The average molecular weight is 475 g/mol. The molecule has 190 valence electrons. The van der Waals surface area contributed by atoms with Crippen LogP contribution in [-0.4, -0.2) is 62.5 Å². The van der Waals surface area contributed by atoms with E-state index in [1.54, 1.807) is 16.6 Å². The number of nitrogens with one attached hydrogen (secondary N) is 1. The van der Waals surface area contributed by atoms with E-state index in [1.165, 1.54) is 0 Å². The molecular weight excluding hydrogens is 432 g/mol. The molecule has 1 saturated heterocycles. The zero-order valence-electron chi connectivity index (χ0n) is 22.4. The van der Waals surface area contributed by atoms with Gasteiger partial charge < -0.3 is 14.5 Å². The van der Waals surface area contributed by atoms with Gasteiger partial charge in [-0.05, 0) is 45.4 Å². The van der Waals surface area contributed by atoms with Gasteiger partial charge in [0, 0.05) is 38.6 Å². The Morgan fingerprint density at radius 3 is 2.32 bits per heavy atom. The predicted octanol–water partition coefficient (Wildman–Crippen LogP) is 4.06. The topological polar surface area (TPSA) is 96.3 Å². The number of hydrogen-bond acceptors (Lipinski definition) is 6. The number of aryl methyl sites for hydroxylation is 1. The fraction of sp³-hybridized carbons (Fsp3) is 0.760. The molecule has 34 heavy (non-hydrogen) atoms. The quantitative estimate of drug-likeness (QED) is 0.702. The van der Waals surface area contributed by atoms with E-state index in [4.69, 9.17) is 9.72 Å². The molecule has 0 unspecified atom stereocenters. The number of fused-ring (bicyclic) bond motifs is 1. The van der Waals surface area contributed by atoms with Crippen molar-refractivity contribution < 1.29 is 9.53 Å². The maximum atomic E-state index is 13.0. The minimum Gasteiger partial charge on any atom is -0.444 e. The van der Waals surface area contributed by atoms with Crippen molar-refractivity contribution >= 4 is 23.1 Å². The zero-order valence-corrected chi connectivity index (χ0v) is 22.4. The number of nitrogens with zero attached hydrogens (tertiary/aromatic N) is 5. The SMILES string of the molecule is CC(C)CN(CC1CCN(C(=O)OC(C)(C)C)CC1)c1nc2c(C(C)(C)C)nn(C)c2c(=O)[nH]1. The largest absolute Gasteiger partial charge is 0.444 e. The minimum absolute atomic E-state index is 0.168. The molecule has 1 aliphatic heterocycles. The maximum Gasteiger partial charge on any atom is 0.410 e. The average Bonchev–Trinajstić information content (AvgIpc) is 3.04. The summed E-state index contributed by atoms with van der Waals surface area (Å²) in [6.45, 7) is 19.2. The van der Waals surface area contributed by atoms with Crippen LogP contribution in [0.1, 0.15) is 73.9 Å². The summed E-state index contributed by atoms with van der Waals surface area (Å²) in [6.07, 6.45) is 1.54. The fourth-order valence-corrected chi connectivity index (χ4v) is 4.45. The van der Waals surface area contributed by atoms with Crippen LogP contribution in [0, 0.1) is 11.8 Å². The van der Waals surface area contributed by atoms with Gasteiger partial charge in [0.1, 0.15) is 11.1 Å². The molecule has 3 rings (SSSR count). The number of H-pyrrole nitrogens is 1. The van der Waals surface area contributed by atoms with Gasteiger partial charge >= 0.3 is 6.09 Å². The van der Waals surface area contributed by atoms with E-state index in [0.717, 1.165) is 31.6 Å². The molecule has 2 aromatic heterocycles. The van der Waals surface area contributed by atoms with Crippen molar-refractivity contribution in [2.24, 2.45) is 18.9 Å². The summed E-state index contributed by atoms with van der Waals surface area (Å²) in [5.41, 5.74) is 1.11. The minimum atomic E-state index is -0.490. The molecule has 0 aromatic carbocycles. The summed E-state index contributed by atoms with van der Waals surface area (Å²) in [7, 11) is 1.79. The first-order chi connectivity index (χ1) is 15.7. The number of piperidine rings is 1. The normalized spacial score (nSPS) is 15.9. The Hall–Kier alpha value is -2.58. The number of carbonyl (C=O) groups is 1. The summed E-state index contributed by atoms with van der Waals surface area (Å²) in [5, 5.41) is 4.62. The maximum absolute atomic E-state index is 13.0. The molecule has 0 bridgehead atoms. The van der Waals surface area contributed by atoms with Gasteiger partial charge in [-0.3, -0.25) is 14.5 Å². The number of carbonyl (C=O) groups excluding carboxylic acids is 1. The molecule has 1 fully saturated rings. The first-order valence-electron chi connectivity index (χ1n) is 12.4. The molecular formula is C25H42N6O3. The van der Waals surface area contributed by atoms with Crippen molar-refractivity contribution in [3.05, 3.63) is 16.0 Å². The van der Waals surface area contributed by atoms with Gasteiger partial charge in [-0.25, -0.2) is 9.78 Å². The highest BCUT2D eigenvalue weighted by Crippen LogP contribution is 2.28. The monoisotopic (exact) mass is 474 g/mol. The first kappa shape index (κ1) is 26.0. The van der Waals surface area contributed by atoms with E-state index >= 15 is 0 Å². The number of ether oxygens (including phenoxy) is 1. The van der Waals surface area contributed by atoms with Crippen LogP contribution in [0.4, 0.5) is 10.7 Å². The van der Waals surface area contributed by atoms with Crippen LogP contribution in [0.2, 0.25) is 0 Å². The summed E-state index contributed by atoms with van der Waals surface area (Å²) < 4.78 is 7.16. The second kappa shape index (κ2) is 9.58. The molecule has 1 amide bonds. The lowest BCUT2D eigenvalue weighted by molar-refractivity contribution is 0.0186. The van der Waals surface area contributed by atoms with Gasteiger partial charge in [0.05, 0.1) is 5.69 Å². The standard InChI is InChI=1S/C25H42N6O3/c1-16(2)14-31(15-17-10-12-30(13-11-17)23(33)34-25(6,7)8)22-26-18-19(21(32)27-22)29(9)28-20(18)24(3,4)5/h16-17H,10-15H2,1-9H3,(H,26,27,32). The third-order valence-electron chi connectivity index (χ3n) is 6.02. The van der Waals surface area contributed by atoms with E-state index in [9.17, 15) is 9.59 Å². The second-order valence-corrected chi connectivity index (χ2v) is 12.0. The Morgan fingerprint density at radius 1 is 1.18 bits per heavy atom. The highest BCUT2D eigenvalue weighted by molar-refractivity contribution is 5.79. The Labute approximate surface area is 202 Å². The summed E-state index contributed by atoms with van der Waals surface area (Å²) in [4.78, 5) is 37.4. The van der Waals surface area contributed by atoms with Crippen molar-refractivity contribution in [1.29, 1.82) is 0 Å². The molecule has 1 N–H and O–H groups in total. The number of rotatable bonds is 5. The smallest absolute Gasteiger partial charge is 0.410 e. The van der Waals surface area contributed by atoms with Crippen molar-refractivity contribution in [3.8, 4) is 0 Å². The Bertz CT molecular complexity index is 1070. The predicted molar refractivity (Wildman–Crippen MR) is 135 cm³/mol. The number of aromatic amines is 1. The number of anilines is 1.